The molecule has 1 aliphatic rings. The second kappa shape index (κ2) is 6.49. The number of ether oxygens (including phenoxy) is 1. The molecule has 2 atom stereocenters. The van der Waals surface area contributed by atoms with Crippen LogP contribution in [-0.2, 0) is 4.74 Å². The van der Waals surface area contributed by atoms with Gasteiger partial charge in [-0.2, -0.15) is 0 Å². The van der Waals surface area contributed by atoms with E-state index >= 15 is 0 Å². The van der Waals surface area contributed by atoms with Crippen LogP contribution in [0.1, 0.15) is 52.9 Å². The first kappa shape index (κ1) is 13.0. The number of hydrogen-bond donors (Lipinski definition) is 1. The van der Waals surface area contributed by atoms with Crippen molar-refractivity contribution in [2.45, 2.75) is 65.0 Å². The Kier molecular flexibility index (Phi) is 5.62. The van der Waals surface area contributed by atoms with Crippen molar-refractivity contribution in [1.29, 1.82) is 0 Å². The maximum Gasteiger partial charge on any atom is 0.0623 e. The van der Waals surface area contributed by atoms with Gasteiger partial charge in [-0.3, -0.25) is 0 Å². The van der Waals surface area contributed by atoms with Crippen LogP contribution >= 0.6 is 0 Å². The van der Waals surface area contributed by atoms with Gasteiger partial charge in [0.2, 0.25) is 0 Å². The van der Waals surface area contributed by atoms with Crippen LogP contribution in [0.4, 0.5) is 0 Å². The van der Waals surface area contributed by atoms with Crippen LogP contribution in [0, 0.1) is 11.8 Å². The molecule has 0 aliphatic heterocycles. The normalized spacial score (nSPS) is 31.2. The van der Waals surface area contributed by atoms with Crippen molar-refractivity contribution in [3.05, 3.63) is 0 Å². The summed E-state index contributed by atoms with van der Waals surface area (Å²) in [6.45, 7) is 7.47. The van der Waals surface area contributed by atoms with Crippen LogP contribution in [0.5, 0.6) is 0 Å². The summed E-state index contributed by atoms with van der Waals surface area (Å²) in [6, 6.07) is 0.217. The van der Waals surface area contributed by atoms with E-state index in [1.165, 1.54) is 25.7 Å². The van der Waals surface area contributed by atoms with Crippen LogP contribution in [-0.4, -0.2) is 18.8 Å². The van der Waals surface area contributed by atoms with Gasteiger partial charge in [-0.1, -0.05) is 27.2 Å². The summed E-state index contributed by atoms with van der Waals surface area (Å²) in [5, 5.41) is 0. The smallest absolute Gasteiger partial charge is 0.0623 e. The van der Waals surface area contributed by atoms with E-state index in [0.29, 0.717) is 12.0 Å². The van der Waals surface area contributed by atoms with Crippen molar-refractivity contribution in [3.63, 3.8) is 0 Å². The van der Waals surface area contributed by atoms with E-state index in [0.717, 1.165) is 18.9 Å². The van der Waals surface area contributed by atoms with Crippen LogP contribution in [0.3, 0.4) is 0 Å². The third kappa shape index (κ3) is 4.52. The lowest BCUT2D eigenvalue weighted by atomic mass is 9.89. The van der Waals surface area contributed by atoms with Gasteiger partial charge in [0.15, 0.2) is 0 Å². The van der Waals surface area contributed by atoms with Gasteiger partial charge in [0.25, 0.3) is 0 Å². The van der Waals surface area contributed by atoms with Crippen LogP contribution in [0.2, 0.25) is 0 Å². The first-order valence-corrected chi connectivity index (χ1v) is 6.50. The highest BCUT2D eigenvalue weighted by Gasteiger charge is 2.20. The van der Waals surface area contributed by atoms with Crippen molar-refractivity contribution in [3.8, 4) is 0 Å². The van der Waals surface area contributed by atoms with E-state index in [2.05, 4.69) is 20.8 Å². The van der Waals surface area contributed by atoms with Crippen molar-refractivity contribution >= 4 is 0 Å². The summed E-state index contributed by atoms with van der Waals surface area (Å²) in [5.41, 5.74) is 6.05. The highest BCUT2D eigenvalue weighted by atomic mass is 16.5. The molecule has 1 fully saturated rings. The average molecular weight is 213 g/mol. The van der Waals surface area contributed by atoms with Crippen molar-refractivity contribution in [2.75, 3.05) is 6.61 Å². The lowest BCUT2D eigenvalue weighted by Crippen LogP contribution is -2.35. The van der Waals surface area contributed by atoms with Crippen LogP contribution in [0.15, 0.2) is 0 Å². The molecule has 0 saturated heterocycles. The Morgan fingerprint density at radius 2 is 1.87 bits per heavy atom. The van der Waals surface area contributed by atoms with E-state index in [1.807, 2.05) is 0 Å². The highest BCUT2D eigenvalue weighted by Crippen LogP contribution is 2.25. The van der Waals surface area contributed by atoms with Gasteiger partial charge in [-0.15, -0.1) is 0 Å². The number of nitrogens with two attached hydrogens (primary N) is 1. The highest BCUT2D eigenvalue weighted by molar-refractivity contribution is 4.72. The second-order valence-electron chi connectivity index (χ2n) is 5.26. The average Bonchev–Trinajstić information content (AvgIpc) is 2.26. The lowest BCUT2D eigenvalue weighted by molar-refractivity contribution is 0.00657. The molecular weight excluding hydrogens is 186 g/mol. The molecule has 2 N–H and O–H groups in total. The molecule has 2 nitrogen and oxygen atoms in total. The lowest BCUT2D eigenvalue weighted by Gasteiger charge is -2.28. The summed E-state index contributed by atoms with van der Waals surface area (Å²) in [7, 11) is 0. The van der Waals surface area contributed by atoms with Crippen LogP contribution in [0.25, 0.3) is 0 Å². The molecule has 1 aliphatic carbocycles. The molecule has 0 amide bonds. The van der Waals surface area contributed by atoms with Gasteiger partial charge < -0.3 is 10.5 Å². The van der Waals surface area contributed by atoms with Crippen molar-refractivity contribution < 1.29 is 4.74 Å². The molecular formula is C13H27NO. The molecule has 15 heavy (non-hydrogen) atoms. The fourth-order valence-electron chi connectivity index (χ4n) is 2.11. The maximum atomic E-state index is 6.05. The molecule has 0 aromatic carbocycles. The molecule has 0 aromatic heterocycles. The first-order chi connectivity index (χ1) is 7.13. The summed E-state index contributed by atoms with van der Waals surface area (Å²) in [4.78, 5) is 0. The Morgan fingerprint density at radius 3 is 2.40 bits per heavy atom. The van der Waals surface area contributed by atoms with Gasteiger partial charge in [0.05, 0.1) is 12.7 Å². The van der Waals surface area contributed by atoms with Crippen molar-refractivity contribution in [1.82, 2.24) is 0 Å². The second-order valence-corrected chi connectivity index (χ2v) is 5.26. The molecule has 90 valence electrons. The Balaban J connectivity index is 2.14. The van der Waals surface area contributed by atoms with Crippen LogP contribution < -0.4 is 5.73 Å². The Labute approximate surface area is 94.6 Å². The monoisotopic (exact) mass is 213 g/mol. The van der Waals surface area contributed by atoms with Crippen molar-refractivity contribution in [2.24, 2.45) is 17.6 Å². The minimum Gasteiger partial charge on any atom is -0.377 e. The molecule has 0 heterocycles. The molecule has 2 unspecified atom stereocenters. The van der Waals surface area contributed by atoms with E-state index in [1.54, 1.807) is 0 Å². The van der Waals surface area contributed by atoms with E-state index in [4.69, 9.17) is 10.5 Å². The quantitative estimate of drug-likeness (QED) is 0.762. The SMILES string of the molecule is CCC(C)C(N)COC1CCC(C)CC1. The zero-order valence-corrected chi connectivity index (χ0v) is 10.5. The van der Waals surface area contributed by atoms with E-state index in [-0.39, 0.29) is 6.04 Å². The zero-order valence-electron chi connectivity index (χ0n) is 10.5. The molecule has 0 radical (unpaired) electrons. The van der Waals surface area contributed by atoms with Gasteiger partial charge in [-0.25, -0.2) is 0 Å². The molecule has 2 heteroatoms. The molecule has 0 spiro atoms. The summed E-state index contributed by atoms with van der Waals surface area (Å²) in [6.07, 6.45) is 6.73. The molecule has 0 bridgehead atoms. The predicted molar refractivity (Wildman–Crippen MR) is 64.8 cm³/mol. The topological polar surface area (TPSA) is 35.2 Å². The predicted octanol–water partition coefficient (Wildman–Crippen LogP) is 2.96. The first-order valence-electron chi connectivity index (χ1n) is 6.50. The van der Waals surface area contributed by atoms with Gasteiger partial charge >= 0.3 is 0 Å². The van der Waals surface area contributed by atoms with Gasteiger partial charge in [0, 0.05) is 6.04 Å². The third-order valence-electron chi connectivity index (χ3n) is 3.86. The minimum atomic E-state index is 0.217. The summed E-state index contributed by atoms with van der Waals surface area (Å²) < 4.78 is 5.89. The fourth-order valence-corrected chi connectivity index (χ4v) is 2.11. The maximum absolute atomic E-state index is 6.05. The summed E-state index contributed by atoms with van der Waals surface area (Å²) >= 11 is 0. The Hall–Kier alpha value is -0.0800. The van der Waals surface area contributed by atoms with E-state index < -0.39 is 0 Å². The minimum absolute atomic E-state index is 0.217. The molecule has 1 saturated carbocycles. The van der Waals surface area contributed by atoms with Gasteiger partial charge in [-0.05, 0) is 37.5 Å². The standard InChI is InChI=1S/C13H27NO/c1-4-11(3)13(14)9-15-12-7-5-10(2)6-8-12/h10-13H,4-9,14H2,1-3H3. The third-order valence-corrected chi connectivity index (χ3v) is 3.86. The largest absolute Gasteiger partial charge is 0.377 e. The summed E-state index contributed by atoms with van der Waals surface area (Å²) in [5.74, 6) is 1.47. The fraction of sp³-hybridized carbons (Fsp3) is 1.00. The van der Waals surface area contributed by atoms with E-state index in [9.17, 15) is 0 Å². The number of hydrogen-bond acceptors (Lipinski definition) is 2. The molecule has 0 aromatic rings. The Morgan fingerprint density at radius 1 is 1.27 bits per heavy atom. The zero-order chi connectivity index (χ0) is 11.3. The Bertz CT molecular complexity index is 164. The number of rotatable bonds is 5. The van der Waals surface area contributed by atoms with Gasteiger partial charge in [0.1, 0.15) is 0 Å². The molecule has 1 rings (SSSR count).